The first kappa shape index (κ1) is 24.6. The fraction of sp³-hybridized carbons (Fsp3) is 0.333. The van der Waals surface area contributed by atoms with Gasteiger partial charge in [-0.15, -0.1) is 0 Å². The number of carboxylic acids is 1. The molecule has 0 bridgehead atoms. The largest absolute Gasteiger partial charge is 0.478 e. The Balaban J connectivity index is 0. The molecule has 8 heteroatoms. The van der Waals surface area contributed by atoms with Gasteiger partial charge in [0.15, 0.2) is 0 Å². The molecule has 0 saturated heterocycles. The smallest absolute Gasteiger partial charge is 0.327 e. The van der Waals surface area contributed by atoms with E-state index in [1.807, 2.05) is 25.1 Å². The highest BCUT2D eigenvalue weighted by Crippen LogP contribution is 2.23. The number of hydrogen-bond donors (Lipinski definition) is 1. The van der Waals surface area contributed by atoms with Gasteiger partial charge in [-0.05, 0) is 25.1 Å². The quantitative estimate of drug-likeness (QED) is 0.344. The van der Waals surface area contributed by atoms with Crippen molar-refractivity contribution in [3.05, 3.63) is 44.3 Å². The number of halogens is 3. The zero-order chi connectivity index (χ0) is 18.3. The maximum atomic E-state index is 10.1. The molecule has 0 aliphatic carbocycles. The van der Waals surface area contributed by atoms with Crippen LogP contribution in [0.2, 0.25) is 0 Å². The summed E-state index contributed by atoms with van der Waals surface area (Å²) in [5.41, 5.74) is 0. The normalized spacial score (nSPS) is 8.74. The van der Waals surface area contributed by atoms with Crippen LogP contribution in [0.1, 0.15) is 13.8 Å². The Morgan fingerprint density at radius 3 is 1.78 bits per heavy atom. The third-order valence-corrected chi connectivity index (χ3v) is 3.11. The fourth-order valence-corrected chi connectivity index (χ4v) is 3.31. The molecule has 0 saturated carbocycles. The minimum absolute atomic E-state index is 0.255. The lowest BCUT2D eigenvalue weighted by Crippen LogP contribution is -2.06. The van der Waals surface area contributed by atoms with E-state index in [0.717, 1.165) is 19.5 Å². The molecular formula is C15H19Br3O5. The molecule has 1 N–H and O–H groups in total. The third kappa shape index (κ3) is 21.3. The van der Waals surface area contributed by atoms with E-state index in [1.54, 1.807) is 0 Å². The molecular weight excluding hydrogens is 500 g/mol. The lowest BCUT2D eigenvalue weighted by molar-refractivity contribution is -0.142. The fourth-order valence-electron chi connectivity index (χ4n) is 0.909. The van der Waals surface area contributed by atoms with Gasteiger partial charge < -0.3 is 14.6 Å². The predicted molar refractivity (Wildman–Crippen MR) is 101 cm³/mol. The zero-order valence-electron chi connectivity index (χ0n) is 12.9. The molecule has 0 amide bonds. The van der Waals surface area contributed by atoms with Gasteiger partial charge >= 0.3 is 11.9 Å². The van der Waals surface area contributed by atoms with E-state index < -0.39 is 5.97 Å². The number of esters is 1. The molecule has 0 atom stereocenters. The second-order valence-corrected chi connectivity index (χ2v) is 6.41. The molecule has 5 nitrogen and oxygen atoms in total. The van der Waals surface area contributed by atoms with Crippen LogP contribution in [0, 0.1) is 0 Å². The average Bonchev–Trinajstić information content (AvgIpc) is 2.43. The van der Waals surface area contributed by atoms with Crippen molar-refractivity contribution in [1.82, 2.24) is 0 Å². The summed E-state index contributed by atoms with van der Waals surface area (Å²) in [6.07, 6.45) is 0.833. The molecule has 1 aromatic rings. The minimum atomic E-state index is -0.981. The van der Waals surface area contributed by atoms with E-state index in [9.17, 15) is 9.59 Å². The molecule has 0 unspecified atom stereocenters. The first-order valence-corrected chi connectivity index (χ1v) is 8.78. The lowest BCUT2D eigenvalue weighted by Gasteiger charge is -1.99. The number of benzene rings is 1. The minimum Gasteiger partial charge on any atom is -0.478 e. The van der Waals surface area contributed by atoms with Crippen molar-refractivity contribution in [2.24, 2.45) is 0 Å². The highest BCUT2D eigenvalue weighted by molar-refractivity contribution is 9.11. The molecule has 0 heterocycles. The van der Waals surface area contributed by atoms with Gasteiger partial charge in [0, 0.05) is 33.0 Å². The summed E-state index contributed by atoms with van der Waals surface area (Å²) in [7, 11) is 0. The Kier molecular flexibility index (Phi) is 17.3. The van der Waals surface area contributed by atoms with Crippen molar-refractivity contribution in [1.29, 1.82) is 0 Å². The number of carbonyl (C=O) groups is 2. The van der Waals surface area contributed by atoms with Crippen molar-refractivity contribution < 1.29 is 24.2 Å². The third-order valence-electron chi connectivity index (χ3n) is 1.74. The molecule has 0 radical (unpaired) electrons. The topological polar surface area (TPSA) is 72.8 Å². The van der Waals surface area contributed by atoms with Crippen molar-refractivity contribution in [2.75, 3.05) is 19.8 Å². The summed E-state index contributed by atoms with van der Waals surface area (Å²) in [5, 5.41) is 7.60. The van der Waals surface area contributed by atoms with E-state index >= 15 is 0 Å². The molecule has 0 aromatic heterocycles. The SMILES string of the molecule is Brc1cc(Br)cc(Br)c1.C=CC(=O)O.CCOCCOC(C)=O. The van der Waals surface area contributed by atoms with Gasteiger partial charge in [-0.2, -0.15) is 0 Å². The van der Waals surface area contributed by atoms with E-state index in [2.05, 4.69) is 59.1 Å². The van der Waals surface area contributed by atoms with Crippen LogP contribution < -0.4 is 0 Å². The highest BCUT2D eigenvalue weighted by atomic mass is 79.9. The second kappa shape index (κ2) is 16.2. The molecule has 130 valence electrons. The maximum absolute atomic E-state index is 10.1. The van der Waals surface area contributed by atoms with Crippen LogP contribution in [-0.4, -0.2) is 36.9 Å². The Labute approximate surface area is 161 Å². The summed E-state index contributed by atoms with van der Waals surface area (Å²) in [5.74, 6) is -1.24. The number of rotatable bonds is 5. The van der Waals surface area contributed by atoms with E-state index in [-0.39, 0.29) is 5.97 Å². The van der Waals surface area contributed by atoms with Crippen LogP contribution in [0.4, 0.5) is 0 Å². The van der Waals surface area contributed by atoms with Gasteiger partial charge in [-0.25, -0.2) is 4.79 Å². The van der Waals surface area contributed by atoms with Crippen molar-refractivity contribution in [2.45, 2.75) is 13.8 Å². The highest BCUT2D eigenvalue weighted by Gasteiger charge is 1.91. The van der Waals surface area contributed by atoms with Crippen molar-refractivity contribution in [3.8, 4) is 0 Å². The Bertz CT molecular complexity index is 442. The van der Waals surface area contributed by atoms with Crippen LogP contribution in [0.25, 0.3) is 0 Å². The maximum Gasteiger partial charge on any atom is 0.327 e. The summed E-state index contributed by atoms with van der Waals surface area (Å²) >= 11 is 10.1. The van der Waals surface area contributed by atoms with Crippen LogP contribution >= 0.6 is 47.8 Å². The van der Waals surface area contributed by atoms with Crippen LogP contribution in [0.3, 0.4) is 0 Å². The van der Waals surface area contributed by atoms with Gasteiger partial charge in [-0.1, -0.05) is 54.4 Å². The first-order valence-electron chi connectivity index (χ1n) is 6.41. The molecule has 1 rings (SSSR count). The van der Waals surface area contributed by atoms with Gasteiger partial charge in [0.05, 0.1) is 6.61 Å². The molecule has 0 spiro atoms. The Morgan fingerprint density at radius 1 is 1.13 bits per heavy atom. The van der Waals surface area contributed by atoms with Gasteiger partial charge in [0.1, 0.15) is 6.61 Å². The summed E-state index contributed by atoms with van der Waals surface area (Å²) in [6, 6.07) is 5.97. The van der Waals surface area contributed by atoms with Gasteiger partial charge in [-0.3, -0.25) is 4.79 Å². The first-order chi connectivity index (χ1) is 10.7. The van der Waals surface area contributed by atoms with Crippen LogP contribution in [0.15, 0.2) is 44.3 Å². The standard InChI is InChI=1S/C6H3Br3.C6H12O3.C3H4O2/c7-4-1-5(8)3-6(9)2-4;1-3-8-4-5-9-6(2)7;1-2-3(4)5/h1-3H;3-5H2,1-2H3;2H,1H2,(H,4,5). The number of aliphatic carboxylic acids is 1. The Hall–Kier alpha value is -0.700. The lowest BCUT2D eigenvalue weighted by atomic mass is 10.4. The number of carboxylic acid groups (broad SMARTS) is 1. The predicted octanol–water partition coefficient (Wildman–Crippen LogP) is 4.82. The van der Waals surface area contributed by atoms with Gasteiger partial charge in [0.25, 0.3) is 0 Å². The Morgan fingerprint density at radius 2 is 1.52 bits per heavy atom. The molecule has 0 fully saturated rings. The monoisotopic (exact) mass is 516 g/mol. The van der Waals surface area contributed by atoms with E-state index in [4.69, 9.17) is 9.84 Å². The zero-order valence-corrected chi connectivity index (χ0v) is 17.6. The molecule has 23 heavy (non-hydrogen) atoms. The number of hydrogen-bond acceptors (Lipinski definition) is 4. The summed E-state index contributed by atoms with van der Waals surface area (Å²) in [4.78, 5) is 19.4. The number of ether oxygens (including phenoxy) is 2. The van der Waals surface area contributed by atoms with E-state index in [1.165, 1.54) is 6.92 Å². The molecule has 0 aliphatic rings. The second-order valence-electron chi connectivity index (χ2n) is 3.67. The van der Waals surface area contributed by atoms with Gasteiger partial charge in [0.2, 0.25) is 0 Å². The van der Waals surface area contributed by atoms with E-state index in [0.29, 0.717) is 19.8 Å². The molecule has 0 aliphatic heterocycles. The summed E-state index contributed by atoms with van der Waals surface area (Å²) < 4.78 is 12.7. The molecule has 1 aromatic carbocycles. The number of carbonyl (C=O) groups excluding carboxylic acids is 1. The van der Waals surface area contributed by atoms with Crippen LogP contribution in [0.5, 0.6) is 0 Å². The van der Waals surface area contributed by atoms with Crippen molar-refractivity contribution in [3.63, 3.8) is 0 Å². The van der Waals surface area contributed by atoms with Crippen LogP contribution in [-0.2, 0) is 19.1 Å². The summed E-state index contributed by atoms with van der Waals surface area (Å²) in [6.45, 7) is 7.77. The average molecular weight is 519 g/mol. The van der Waals surface area contributed by atoms with Crippen molar-refractivity contribution >= 4 is 59.7 Å².